The number of amides is 1. The molecule has 1 amide bonds. The molecule has 0 aromatic heterocycles. The zero-order valence-electron chi connectivity index (χ0n) is 11.7. The van der Waals surface area contributed by atoms with E-state index in [9.17, 15) is 4.79 Å². The van der Waals surface area contributed by atoms with Crippen LogP contribution in [-0.4, -0.2) is 31.7 Å². The molecule has 0 radical (unpaired) electrons. The van der Waals surface area contributed by atoms with Crippen LogP contribution in [0.2, 0.25) is 0 Å². The highest BCUT2D eigenvalue weighted by Gasteiger charge is 2.14. The van der Waals surface area contributed by atoms with Gasteiger partial charge in [-0.25, -0.2) is 0 Å². The molecule has 0 bridgehead atoms. The quantitative estimate of drug-likeness (QED) is 0.648. The summed E-state index contributed by atoms with van der Waals surface area (Å²) in [5, 5.41) is 3.00. The first-order chi connectivity index (χ1) is 7.97. The third kappa shape index (κ3) is 9.12. The Bertz CT molecular complexity index is 208. The summed E-state index contributed by atoms with van der Waals surface area (Å²) in [6.07, 6.45) is 3.76. The van der Waals surface area contributed by atoms with E-state index < -0.39 is 0 Å². The molecule has 3 unspecified atom stereocenters. The van der Waals surface area contributed by atoms with Gasteiger partial charge >= 0.3 is 0 Å². The van der Waals surface area contributed by atoms with Crippen LogP contribution < -0.4 is 11.1 Å². The Hall–Kier alpha value is -0.610. The lowest BCUT2D eigenvalue weighted by Crippen LogP contribution is -2.37. The molecule has 0 rings (SSSR count). The Morgan fingerprint density at radius 1 is 1.24 bits per heavy atom. The van der Waals surface area contributed by atoms with Gasteiger partial charge in [0.05, 0.1) is 0 Å². The van der Waals surface area contributed by atoms with Crippen LogP contribution in [0.3, 0.4) is 0 Å². The van der Waals surface area contributed by atoms with E-state index in [2.05, 4.69) is 5.32 Å². The van der Waals surface area contributed by atoms with Crippen LogP contribution in [0.25, 0.3) is 0 Å². The molecule has 0 aliphatic heterocycles. The molecule has 0 aliphatic rings. The van der Waals surface area contributed by atoms with Crippen molar-refractivity contribution in [3.8, 4) is 0 Å². The Morgan fingerprint density at radius 2 is 1.88 bits per heavy atom. The van der Waals surface area contributed by atoms with Crippen molar-refractivity contribution in [3.05, 3.63) is 0 Å². The smallest absolute Gasteiger partial charge is 0.223 e. The van der Waals surface area contributed by atoms with E-state index in [1.165, 1.54) is 0 Å². The first-order valence-corrected chi connectivity index (χ1v) is 6.52. The van der Waals surface area contributed by atoms with Crippen LogP contribution in [-0.2, 0) is 9.53 Å². The Morgan fingerprint density at radius 3 is 2.41 bits per heavy atom. The highest BCUT2D eigenvalue weighted by Crippen LogP contribution is 2.09. The molecule has 4 heteroatoms. The van der Waals surface area contributed by atoms with Crippen molar-refractivity contribution in [3.63, 3.8) is 0 Å². The minimum atomic E-state index is 0.0683. The Balaban J connectivity index is 3.73. The minimum absolute atomic E-state index is 0.0683. The second-order valence-corrected chi connectivity index (χ2v) is 5.00. The van der Waals surface area contributed by atoms with Gasteiger partial charge < -0.3 is 15.8 Å². The van der Waals surface area contributed by atoms with Crippen LogP contribution in [0.5, 0.6) is 0 Å². The number of hydrogen-bond acceptors (Lipinski definition) is 3. The standard InChI is InChI=1S/C13H28N2O2/c1-10(6-5-7-11(2)14)13(16)15-12(3)8-9-17-4/h10-12H,5-9,14H2,1-4H3,(H,15,16). The maximum Gasteiger partial charge on any atom is 0.223 e. The van der Waals surface area contributed by atoms with E-state index in [1.807, 2.05) is 20.8 Å². The number of methoxy groups -OCH3 is 1. The van der Waals surface area contributed by atoms with E-state index in [0.29, 0.717) is 6.61 Å². The molecule has 102 valence electrons. The average molecular weight is 244 g/mol. The molecule has 3 N–H and O–H groups in total. The molecule has 0 aromatic carbocycles. The molecule has 0 saturated heterocycles. The number of rotatable bonds is 9. The number of carbonyl (C=O) groups is 1. The molecule has 3 atom stereocenters. The summed E-state index contributed by atoms with van der Waals surface area (Å²) in [7, 11) is 1.67. The molecular formula is C13H28N2O2. The van der Waals surface area contributed by atoms with E-state index in [1.54, 1.807) is 7.11 Å². The maximum absolute atomic E-state index is 11.8. The van der Waals surface area contributed by atoms with Gasteiger partial charge in [0.2, 0.25) is 5.91 Å². The average Bonchev–Trinajstić information content (AvgIpc) is 2.25. The predicted molar refractivity (Wildman–Crippen MR) is 70.8 cm³/mol. The maximum atomic E-state index is 11.8. The van der Waals surface area contributed by atoms with Crippen molar-refractivity contribution in [2.45, 2.75) is 58.5 Å². The van der Waals surface area contributed by atoms with E-state index in [0.717, 1.165) is 25.7 Å². The van der Waals surface area contributed by atoms with Gasteiger partial charge in [-0.3, -0.25) is 4.79 Å². The predicted octanol–water partition coefficient (Wildman–Crippen LogP) is 1.68. The molecule has 4 nitrogen and oxygen atoms in total. The normalized spacial score (nSPS) is 16.3. The van der Waals surface area contributed by atoms with E-state index in [-0.39, 0.29) is 23.9 Å². The summed E-state index contributed by atoms with van der Waals surface area (Å²) in [6.45, 7) is 6.66. The van der Waals surface area contributed by atoms with Crippen LogP contribution in [0.4, 0.5) is 0 Å². The van der Waals surface area contributed by atoms with E-state index >= 15 is 0 Å². The summed E-state index contributed by atoms with van der Waals surface area (Å²) in [5.41, 5.74) is 5.68. The fourth-order valence-corrected chi connectivity index (χ4v) is 1.63. The lowest BCUT2D eigenvalue weighted by Gasteiger charge is -2.17. The first-order valence-electron chi connectivity index (χ1n) is 6.52. The van der Waals surface area contributed by atoms with Gasteiger partial charge in [0.15, 0.2) is 0 Å². The zero-order chi connectivity index (χ0) is 13.3. The third-order valence-corrected chi connectivity index (χ3v) is 2.89. The van der Waals surface area contributed by atoms with Crippen molar-refractivity contribution in [2.24, 2.45) is 11.7 Å². The SMILES string of the molecule is COCCC(C)NC(=O)C(C)CCCC(C)N. The van der Waals surface area contributed by atoms with Crippen molar-refractivity contribution in [1.29, 1.82) is 0 Å². The van der Waals surface area contributed by atoms with Gasteiger partial charge in [-0.1, -0.05) is 13.3 Å². The summed E-state index contributed by atoms with van der Waals surface area (Å²) in [6, 6.07) is 0.407. The van der Waals surface area contributed by atoms with Crippen LogP contribution in [0.15, 0.2) is 0 Å². The van der Waals surface area contributed by atoms with Gasteiger partial charge in [-0.05, 0) is 33.1 Å². The van der Waals surface area contributed by atoms with Crippen LogP contribution in [0, 0.1) is 5.92 Å². The fourth-order valence-electron chi connectivity index (χ4n) is 1.63. The summed E-state index contributed by atoms with van der Waals surface area (Å²) in [4.78, 5) is 11.8. The first kappa shape index (κ1) is 16.4. The zero-order valence-corrected chi connectivity index (χ0v) is 11.7. The highest BCUT2D eigenvalue weighted by atomic mass is 16.5. The topological polar surface area (TPSA) is 64.3 Å². The molecule has 0 aromatic rings. The number of carbonyl (C=O) groups excluding carboxylic acids is 1. The van der Waals surface area contributed by atoms with Crippen molar-refractivity contribution in [1.82, 2.24) is 5.32 Å². The number of ether oxygens (including phenoxy) is 1. The van der Waals surface area contributed by atoms with E-state index in [4.69, 9.17) is 10.5 Å². The van der Waals surface area contributed by atoms with Crippen LogP contribution in [0.1, 0.15) is 46.5 Å². The van der Waals surface area contributed by atoms with Gasteiger partial charge in [0.25, 0.3) is 0 Å². The molecule has 0 aliphatic carbocycles. The second-order valence-electron chi connectivity index (χ2n) is 5.00. The van der Waals surface area contributed by atoms with Gasteiger partial charge in [-0.15, -0.1) is 0 Å². The van der Waals surface area contributed by atoms with Crippen molar-refractivity contribution in [2.75, 3.05) is 13.7 Å². The van der Waals surface area contributed by atoms with Gasteiger partial charge in [-0.2, -0.15) is 0 Å². The fraction of sp³-hybridized carbons (Fsp3) is 0.923. The number of nitrogens with two attached hydrogens (primary N) is 1. The van der Waals surface area contributed by atoms with Crippen molar-refractivity contribution >= 4 is 5.91 Å². The number of hydrogen-bond donors (Lipinski definition) is 2. The third-order valence-electron chi connectivity index (χ3n) is 2.89. The molecule has 0 saturated carbocycles. The number of nitrogens with one attached hydrogen (secondary N) is 1. The molecular weight excluding hydrogens is 216 g/mol. The lowest BCUT2D eigenvalue weighted by atomic mass is 10.0. The van der Waals surface area contributed by atoms with Gasteiger partial charge in [0, 0.05) is 31.7 Å². The molecule has 17 heavy (non-hydrogen) atoms. The largest absolute Gasteiger partial charge is 0.385 e. The second kappa shape index (κ2) is 9.42. The lowest BCUT2D eigenvalue weighted by molar-refractivity contribution is -0.125. The highest BCUT2D eigenvalue weighted by molar-refractivity contribution is 5.78. The van der Waals surface area contributed by atoms with Crippen LogP contribution >= 0.6 is 0 Å². The van der Waals surface area contributed by atoms with Crippen molar-refractivity contribution < 1.29 is 9.53 Å². The van der Waals surface area contributed by atoms with Gasteiger partial charge in [0.1, 0.15) is 0 Å². The Labute approximate surface area is 105 Å². The molecule has 0 spiro atoms. The molecule has 0 heterocycles. The molecule has 0 fully saturated rings. The Kier molecular flexibility index (Phi) is 9.09. The minimum Gasteiger partial charge on any atom is -0.385 e. The summed E-state index contributed by atoms with van der Waals surface area (Å²) < 4.78 is 4.98. The summed E-state index contributed by atoms with van der Waals surface area (Å²) in [5.74, 6) is 0.206. The monoisotopic (exact) mass is 244 g/mol. The summed E-state index contributed by atoms with van der Waals surface area (Å²) >= 11 is 0.